The Morgan fingerprint density at radius 3 is 2.29 bits per heavy atom. The van der Waals surface area contributed by atoms with Gasteiger partial charge < -0.3 is 13.7 Å². The summed E-state index contributed by atoms with van der Waals surface area (Å²) in [6.07, 6.45) is -1.52. The predicted molar refractivity (Wildman–Crippen MR) is 112 cm³/mol. The van der Waals surface area contributed by atoms with E-state index in [9.17, 15) is 26.4 Å². The van der Waals surface area contributed by atoms with Crippen molar-refractivity contribution in [2.75, 3.05) is 6.61 Å². The average Bonchev–Trinajstić information content (AvgIpc) is 2.58. The SMILES string of the molecule is CCOC(=O)[C@@H](OC(C)(C)C)c1c(C)cc2cc(Br)ccc2c1OS(=O)(=O)C(F)(F)F. The highest BCUT2D eigenvalue weighted by molar-refractivity contribution is 9.10. The van der Waals surface area contributed by atoms with Crippen molar-refractivity contribution in [3.8, 4) is 5.75 Å². The molecule has 2 rings (SSSR count). The van der Waals surface area contributed by atoms with Gasteiger partial charge in [-0.3, -0.25) is 0 Å². The number of hydrogen-bond acceptors (Lipinski definition) is 6. The number of carbonyl (C=O) groups is 1. The van der Waals surface area contributed by atoms with E-state index < -0.39 is 39.1 Å². The van der Waals surface area contributed by atoms with Gasteiger partial charge >= 0.3 is 21.6 Å². The van der Waals surface area contributed by atoms with Crippen LogP contribution in [0.1, 0.15) is 44.9 Å². The third kappa shape index (κ3) is 5.89. The van der Waals surface area contributed by atoms with Crippen LogP contribution in [0.25, 0.3) is 10.8 Å². The number of esters is 1. The molecule has 172 valence electrons. The van der Waals surface area contributed by atoms with Gasteiger partial charge in [0.2, 0.25) is 0 Å². The minimum Gasteiger partial charge on any atom is -0.464 e. The van der Waals surface area contributed by atoms with E-state index in [2.05, 4.69) is 20.1 Å². The van der Waals surface area contributed by atoms with Crippen LogP contribution in [0.3, 0.4) is 0 Å². The summed E-state index contributed by atoms with van der Waals surface area (Å²) >= 11 is 3.27. The molecule has 0 radical (unpaired) electrons. The van der Waals surface area contributed by atoms with Crippen molar-refractivity contribution in [2.45, 2.75) is 51.8 Å². The fraction of sp³-hybridized carbons (Fsp3) is 0.450. The topological polar surface area (TPSA) is 78.9 Å². The summed E-state index contributed by atoms with van der Waals surface area (Å²) in [5.74, 6) is -1.52. The molecule has 0 aliphatic rings. The van der Waals surface area contributed by atoms with Gasteiger partial charge in [-0.15, -0.1) is 0 Å². The van der Waals surface area contributed by atoms with Gasteiger partial charge in [-0.25, -0.2) is 4.79 Å². The van der Waals surface area contributed by atoms with E-state index in [1.807, 2.05) is 0 Å². The molecule has 0 unspecified atom stereocenters. The van der Waals surface area contributed by atoms with Crippen LogP contribution in [0.5, 0.6) is 5.75 Å². The summed E-state index contributed by atoms with van der Waals surface area (Å²) < 4.78 is 79.2. The molecule has 6 nitrogen and oxygen atoms in total. The molecule has 2 aromatic carbocycles. The van der Waals surface area contributed by atoms with Crippen molar-refractivity contribution < 1.29 is 40.0 Å². The van der Waals surface area contributed by atoms with Gasteiger partial charge in [0.05, 0.1) is 12.2 Å². The molecular weight excluding hydrogens is 505 g/mol. The number of alkyl halides is 3. The average molecular weight is 527 g/mol. The van der Waals surface area contributed by atoms with Crippen molar-refractivity contribution in [3.05, 3.63) is 39.9 Å². The van der Waals surface area contributed by atoms with Crippen molar-refractivity contribution in [1.29, 1.82) is 0 Å². The molecule has 0 aliphatic carbocycles. The number of rotatable bonds is 6. The van der Waals surface area contributed by atoms with Crippen molar-refractivity contribution in [1.82, 2.24) is 0 Å². The third-order valence-corrected chi connectivity index (χ3v) is 5.46. The zero-order valence-corrected chi connectivity index (χ0v) is 19.9. The van der Waals surface area contributed by atoms with Crippen LogP contribution in [0.15, 0.2) is 28.7 Å². The highest BCUT2D eigenvalue weighted by Gasteiger charge is 2.49. The first-order valence-electron chi connectivity index (χ1n) is 9.15. The van der Waals surface area contributed by atoms with Gasteiger partial charge in [-0.05, 0) is 63.8 Å². The molecule has 11 heteroatoms. The van der Waals surface area contributed by atoms with Gasteiger partial charge in [0.25, 0.3) is 0 Å². The summed E-state index contributed by atoms with van der Waals surface area (Å²) in [7, 11) is -6.03. The predicted octanol–water partition coefficient (Wildman–Crippen LogP) is 5.56. The molecule has 2 aromatic rings. The number of benzene rings is 2. The zero-order chi connectivity index (χ0) is 23.8. The Labute approximate surface area is 186 Å². The second-order valence-corrected chi connectivity index (χ2v) is 10.1. The first-order valence-corrected chi connectivity index (χ1v) is 11.4. The molecule has 0 amide bonds. The Morgan fingerprint density at radius 1 is 1.16 bits per heavy atom. The van der Waals surface area contributed by atoms with E-state index in [-0.39, 0.29) is 17.6 Å². The molecule has 1 atom stereocenters. The van der Waals surface area contributed by atoms with Crippen LogP contribution in [0, 0.1) is 6.92 Å². The lowest BCUT2D eigenvalue weighted by molar-refractivity contribution is -0.167. The maximum absolute atomic E-state index is 13.1. The Hall–Kier alpha value is -1.85. The number of ether oxygens (including phenoxy) is 2. The lowest BCUT2D eigenvalue weighted by Gasteiger charge is -2.29. The van der Waals surface area contributed by atoms with E-state index in [1.165, 1.54) is 19.1 Å². The Balaban J connectivity index is 2.89. The normalized spacial score (nSPS) is 13.8. The summed E-state index contributed by atoms with van der Waals surface area (Å²) in [4.78, 5) is 12.7. The lowest BCUT2D eigenvalue weighted by atomic mass is 9.96. The van der Waals surface area contributed by atoms with E-state index >= 15 is 0 Å². The first kappa shape index (κ1) is 25.4. The Morgan fingerprint density at radius 2 is 1.77 bits per heavy atom. The molecule has 0 fully saturated rings. The highest BCUT2D eigenvalue weighted by atomic mass is 79.9. The second-order valence-electron chi connectivity index (χ2n) is 7.65. The van der Waals surface area contributed by atoms with Crippen LogP contribution in [-0.4, -0.2) is 32.1 Å². The lowest BCUT2D eigenvalue weighted by Crippen LogP contribution is -2.31. The van der Waals surface area contributed by atoms with Gasteiger partial charge in [0, 0.05) is 15.4 Å². The number of carbonyl (C=O) groups excluding carboxylic acids is 1. The third-order valence-electron chi connectivity index (χ3n) is 4.01. The smallest absolute Gasteiger partial charge is 0.464 e. The summed E-state index contributed by atoms with van der Waals surface area (Å²) in [5, 5.41) is 0.463. The molecule has 0 saturated heterocycles. The Kier molecular flexibility index (Phi) is 7.34. The van der Waals surface area contributed by atoms with E-state index in [0.29, 0.717) is 15.4 Å². The molecule has 0 aliphatic heterocycles. The van der Waals surface area contributed by atoms with Crippen molar-refractivity contribution in [2.24, 2.45) is 0 Å². The van der Waals surface area contributed by atoms with E-state index in [0.717, 1.165) is 0 Å². The molecule has 0 bridgehead atoms. The number of aryl methyl sites for hydroxylation is 1. The Bertz CT molecular complexity index is 1090. The van der Waals surface area contributed by atoms with Gasteiger partial charge in [-0.2, -0.15) is 21.6 Å². The molecule has 31 heavy (non-hydrogen) atoms. The number of hydrogen-bond donors (Lipinski definition) is 0. The molecule has 0 heterocycles. The number of halogens is 4. The highest BCUT2D eigenvalue weighted by Crippen LogP contribution is 2.42. The zero-order valence-electron chi connectivity index (χ0n) is 17.5. The van der Waals surface area contributed by atoms with Crippen LogP contribution < -0.4 is 4.18 Å². The van der Waals surface area contributed by atoms with Crippen molar-refractivity contribution >= 4 is 42.8 Å². The minimum absolute atomic E-state index is 0.0144. The summed E-state index contributed by atoms with van der Waals surface area (Å²) in [5.41, 5.74) is -6.45. The maximum atomic E-state index is 13.1. The molecular formula is C20H22BrF3O6S. The molecule has 0 N–H and O–H groups in total. The summed E-state index contributed by atoms with van der Waals surface area (Å²) in [6.45, 7) is 7.97. The first-order chi connectivity index (χ1) is 14.1. The second kappa shape index (κ2) is 8.95. The van der Waals surface area contributed by atoms with Crippen LogP contribution in [-0.2, 0) is 24.4 Å². The monoisotopic (exact) mass is 526 g/mol. The maximum Gasteiger partial charge on any atom is 0.534 e. The standard InChI is InChI=1S/C20H22BrF3O6S/c1-6-28-18(25)17(29-19(3,4)5)15-11(2)9-12-10-13(21)7-8-14(12)16(15)30-31(26,27)20(22,23)24/h7-10,17H,6H2,1-5H3/t17-/m0/s1. The minimum atomic E-state index is -6.03. The molecule has 0 spiro atoms. The van der Waals surface area contributed by atoms with Crippen molar-refractivity contribution in [3.63, 3.8) is 0 Å². The van der Waals surface area contributed by atoms with Gasteiger partial charge in [-0.1, -0.05) is 22.0 Å². The summed E-state index contributed by atoms with van der Waals surface area (Å²) in [6, 6.07) is 6.09. The van der Waals surface area contributed by atoms with Crippen LogP contribution in [0.4, 0.5) is 13.2 Å². The van der Waals surface area contributed by atoms with E-state index in [1.54, 1.807) is 39.8 Å². The molecule has 0 aromatic heterocycles. The van der Waals surface area contributed by atoms with Crippen LogP contribution in [0.2, 0.25) is 0 Å². The fourth-order valence-electron chi connectivity index (χ4n) is 2.86. The van der Waals surface area contributed by atoms with Gasteiger partial charge in [0.15, 0.2) is 11.9 Å². The fourth-order valence-corrected chi connectivity index (χ4v) is 3.74. The number of fused-ring (bicyclic) bond motifs is 1. The molecule has 0 saturated carbocycles. The quantitative estimate of drug-likeness (QED) is 0.278. The van der Waals surface area contributed by atoms with Gasteiger partial charge in [0.1, 0.15) is 0 Å². The van der Waals surface area contributed by atoms with E-state index in [4.69, 9.17) is 9.47 Å². The van der Waals surface area contributed by atoms with Crippen LogP contribution >= 0.6 is 15.9 Å². The largest absolute Gasteiger partial charge is 0.534 e.